The third-order valence-electron chi connectivity index (χ3n) is 5.56. The molecule has 214 valence electrons. The van der Waals surface area contributed by atoms with Crippen molar-refractivity contribution in [3.8, 4) is 0 Å². The Bertz CT molecular complexity index is 958. The van der Waals surface area contributed by atoms with E-state index >= 15 is 0 Å². The van der Waals surface area contributed by atoms with Crippen molar-refractivity contribution < 1.29 is 51.5 Å². The number of likely N-dealkylation sites (tertiary alicyclic amines) is 1. The number of nitrogens with one attached hydrogen (secondary N) is 2. The van der Waals surface area contributed by atoms with Crippen LogP contribution in [0.15, 0.2) is 0 Å². The molecule has 0 aromatic carbocycles. The molecule has 0 spiro atoms. The minimum absolute atomic E-state index is 0.0629. The number of carbonyl (C=O) groups is 7. The van der Waals surface area contributed by atoms with Crippen LogP contribution >= 0.6 is 0 Å². The molecule has 0 aromatic rings. The van der Waals surface area contributed by atoms with Crippen molar-refractivity contribution in [1.29, 1.82) is 0 Å². The molecule has 5 amide bonds. The summed E-state index contributed by atoms with van der Waals surface area (Å²) in [6.07, 6.45) is -5.59. The summed E-state index contributed by atoms with van der Waals surface area (Å²) >= 11 is 0. The number of hydrogen-bond acceptors (Lipinski definition) is 9. The summed E-state index contributed by atoms with van der Waals surface area (Å²) in [6.45, 7) is 2.02. The highest BCUT2D eigenvalue weighted by Crippen LogP contribution is 2.21. The van der Waals surface area contributed by atoms with Crippen LogP contribution in [-0.2, 0) is 38.3 Å². The van der Waals surface area contributed by atoms with Crippen LogP contribution in [0.2, 0.25) is 0 Å². The van der Waals surface area contributed by atoms with Gasteiger partial charge in [-0.2, -0.15) is 13.2 Å². The normalized spacial score (nSPS) is 16.8. The fraction of sp³-hybridized carbons (Fsp3) is 0.667. The van der Waals surface area contributed by atoms with Crippen molar-refractivity contribution in [3.05, 3.63) is 0 Å². The van der Waals surface area contributed by atoms with Crippen LogP contribution in [0.3, 0.4) is 0 Å². The van der Waals surface area contributed by atoms with E-state index in [9.17, 15) is 46.7 Å². The van der Waals surface area contributed by atoms with Gasteiger partial charge in [-0.3, -0.25) is 24.0 Å². The van der Waals surface area contributed by atoms with E-state index in [-0.39, 0.29) is 19.5 Å². The lowest BCUT2D eigenvalue weighted by Crippen LogP contribution is -2.55. The van der Waals surface area contributed by atoms with Crippen molar-refractivity contribution in [2.75, 3.05) is 26.7 Å². The number of ether oxygens (including phenoxy) is 1. The van der Waals surface area contributed by atoms with Gasteiger partial charge in [-0.05, 0) is 18.8 Å². The van der Waals surface area contributed by atoms with Crippen LogP contribution in [0.4, 0.5) is 13.2 Å². The van der Waals surface area contributed by atoms with Crippen molar-refractivity contribution in [2.24, 2.45) is 17.4 Å². The number of primary amides is 1. The highest BCUT2D eigenvalue weighted by molar-refractivity contribution is 5.96. The molecule has 0 aliphatic carbocycles. The first-order valence-corrected chi connectivity index (χ1v) is 11.4. The number of carbonyl (C=O) groups excluding carboxylic acids is 7. The third-order valence-corrected chi connectivity index (χ3v) is 5.56. The van der Waals surface area contributed by atoms with E-state index in [1.165, 1.54) is 20.9 Å². The third kappa shape index (κ3) is 9.28. The Morgan fingerprint density at radius 1 is 1.11 bits per heavy atom. The summed E-state index contributed by atoms with van der Waals surface area (Å²) < 4.78 is 41.1. The zero-order valence-electron chi connectivity index (χ0n) is 21.0. The average molecular weight is 553 g/mol. The smallest absolute Gasteiger partial charge is 0.385 e. The molecule has 38 heavy (non-hydrogen) atoms. The molecule has 0 saturated carbocycles. The summed E-state index contributed by atoms with van der Waals surface area (Å²) in [7, 11) is 1.30. The van der Waals surface area contributed by atoms with Gasteiger partial charge in [0, 0.05) is 13.6 Å². The predicted octanol–water partition coefficient (Wildman–Crippen LogP) is -2.47. The van der Waals surface area contributed by atoms with Crippen LogP contribution in [-0.4, -0.2) is 102 Å². The number of likely N-dealkylation sites (N-methyl/N-ethyl adjacent to an activating group) is 1. The Labute approximate surface area is 215 Å². The number of esters is 2. The molecule has 0 bridgehead atoms. The monoisotopic (exact) mass is 552 g/mol. The minimum Gasteiger partial charge on any atom is -0.385 e. The molecular weight excluding hydrogens is 521 g/mol. The average Bonchev–Trinajstić information content (AvgIpc) is 3.30. The van der Waals surface area contributed by atoms with E-state index in [2.05, 4.69) is 15.4 Å². The lowest BCUT2D eigenvalue weighted by atomic mass is 10.0. The molecule has 17 heteroatoms. The molecule has 3 atom stereocenters. The molecule has 1 fully saturated rings. The van der Waals surface area contributed by atoms with E-state index < -0.39 is 84.7 Å². The van der Waals surface area contributed by atoms with Crippen LogP contribution in [0.1, 0.15) is 33.1 Å². The van der Waals surface area contributed by atoms with Crippen molar-refractivity contribution in [1.82, 2.24) is 20.4 Å². The van der Waals surface area contributed by atoms with E-state index in [0.29, 0.717) is 6.42 Å². The van der Waals surface area contributed by atoms with Crippen LogP contribution in [0, 0.1) is 5.92 Å². The van der Waals surface area contributed by atoms with E-state index in [4.69, 9.17) is 11.5 Å². The fourth-order valence-electron chi connectivity index (χ4n) is 3.51. The number of nitrogens with zero attached hydrogens (tertiary/aromatic N) is 2. The van der Waals surface area contributed by atoms with E-state index in [1.807, 2.05) is 0 Å². The number of rotatable bonds is 11. The maximum absolute atomic E-state index is 12.9. The summed E-state index contributed by atoms with van der Waals surface area (Å²) in [5, 5.41) is 4.45. The van der Waals surface area contributed by atoms with Gasteiger partial charge in [0.1, 0.15) is 18.1 Å². The molecule has 0 aromatic heterocycles. The summed E-state index contributed by atoms with van der Waals surface area (Å²) in [6, 6.07) is -4.27. The molecular formula is C21H31F3N6O8. The summed E-state index contributed by atoms with van der Waals surface area (Å²) in [4.78, 5) is 86.4. The van der Waals surface area contributed by atoms with Gasteiger partial charge in [0.05, 0.1) is 19.5 Å². The quantitative estimate of drug-likeness (QED) is 0.158. The van der Waals surface area contributed by atoms with Gasteiger partial charge in [-0.25, -0.2) is 9.59 Å². The number of nitrogens with two attached hydrogens (primary N) is 2. The minimum atomic E-state index is -5.42. The van der Waals surface area contributed by atoms with Crippen molar-refractivity contribution in [3.63, 3.8) is 0 Å². The Morgan fingerprint density at radius 3 is 2.21 bits per heavy atom. The molecule has 0 unspecified atom stereocenters. The Kier molecular flexibility index (Phi) is 11.6. The Morgan fingerprint density at radius 2 is 1.71 bits per heavy atom. The fourth-order valence-corrected chi connectivity index (χ4v) is 3.51. The second-order valence-electron chi connectivity index (χ2n) is 8.86. The maximum atomic E-state index is 12.9. The Hall–Kier alpha value is -3.76. The number of alkyl halides is 3. The zero-order valence-corrected chi connectivity index (χ0v) is 21.0. The highest BCUT2D eigenvalue weighted by Gasteiger charge is 2.44. The maximum Gasteiger partial charge on any atom is 0.491 e. The van der Waals surface area contributed by atoms with Crippen molar-refractivity contribution >= 4 is 41.5 Å². The first kappa shape index (κ1) is 32.3. The van der Waals surface area contributed by atoms with Crippen LogP contribution < -0.4 is 22.1 Å². The van der Waals surface area contributed by atoms with Crippen LogP contribution in [0.5, 0.6) is 0 Å². The van der Waals surface area contributed by atoms with Gasteiger partial charge in [0.2, 0.25) is 29.5 Å². The van der Waals surface area contributed by atoms with Gasteiger partial charge in [-0.15, -0.1) is 0 Å². The van der Waals surface area contributed by atoms with Gasteiger partial charge >= 0.3 is 18.1 Å². The predicted molar refractivity (Wildman–Crippen MR) is 121 cm³/mol. The van der Waals surface area contributed by atoms with E-state index in [0.717, 1.165) is 9.80 Å². The molecule has 1 aliphatic rings. The second kappa shape index (κ2) is 13.7. The lowest BCUT2D eigenvalue weighted by Gasteiger charge is -2.28. The standard InChI is InChI=1S/C21H31F3N6O8/c1-10(2)16(19(36)38-20(37)21(22,23)24)28-18(35)12-5-4-6-30(12)14(32)7-11(17(26)34)27-13(31)9-29(3)15(33)8-25/h10-12,16H,4-9,25H2,1-3H3,(H2,26,34)(H,27,31)(H,28,35)/t11-,12-,16-/m0/s1. The van der Waals surface area contributed by atoms with Crippen molar-refractivity contribution in [2.45, 2.75) is 57.4 Å². The van der Waals surface area contributed by atoms with Crippen LogP contribution in [0.25, 0.3) is 0 Å². The topological polar surface area (TPSA) is 211 Å². The molecule has 1 rings (SSSR count). The lowest BCUT2D eigenvalue weighted by molar-refractivity contribution is -0.202. The first-order chi connectivity index (χ1) is 17.5. The first-order valence-electron chi connectivity index (χ1n) is 11.4. The molecule has 1 heterocycles. The van der Waals surface area contributed by atoms with Gasteiger partial charge in [0.15, 0.2) is 0 Å². The van der Waals surface area contributed by atoms with Gasteiger partial charge in [0.25, 0.3) is 0 Å². The molecule has 1 aliphatic heterocycles. The van der Waals surface area contributed by atoms with Gasteiger partial charge in [-0.1, -0.05) is 13.8 Å². The number of halogens is 3. The largest absolute Gasteiger partial charge is 0.491 e. The highest BCUT2D eigenvalue weighted by atomic mass is 19.4. The zero-order chi connectivity index (χ0) is 29.4. The Balaban J connectivity index is 2.88. The SMILES string of the molecule is CC(C)[C@H](NC(=O)[C@@H]1CCCN1C(=O)C[C@H](NC(=O)CN(C)C(=O)CN)C(N)=O)C(=O)OC(=O)C(F)(F)F. The number of amides is 5. The summed E-state index contributed by atoms with van der Waals surface area (Å²) in [5.74, 6) is -9.20. The molecule has 1 saturated heterocycles. The number of hydrogen-bond donors (Lipinski definition) is 4. The summed E-state index contributed by atoms with van der Waals surface area (Å²) in [5.41, 5.74) is 10.5. The molecule has 6 N–H and O–H groups in total. The second-order valence-corrected chi connectivity index (χ2v) is 8.86. The molecule has 14 nitrogen and oxygen atoms in total. The van der Waals surface area contributed by atoms with E-state index in [1.54, 1.807) is 0 Å². The molecule has 0 radical (unpaired) electrons. The van der Waals surface area contributed by atoms with Gasteiger partial charge < -0.3 is 36.6 Å².